The molecule has 5 nitrogen and oxygen atoms in total. The summed E-state index contributed by atoms with van der Waals surface area (Å²) >= 11 is 6.02. The molecule has 0 fully saturated rings. The first kappa shape index (κ1) is 15.2. The average Bonchev–Trinajstić information content (AvgIpc) is 2.80. The summed E-state index contributed by atoms with van der Waals surface area (Å²) < 4.78 is 0. The maximum Gasteiger partial charge on any atom is 0.262 e. The summed E-state index contributed by atoms with van der Waals surface area (Å²) in [6.07, 6.45) is 0. The van der Waals surface area contributed by atoms with E-state index in [4.69, 9.17) is 11.6 Å². The zero-order valence-electron chi connectivity index (χ0n) is 12.1. The van der Waals surface area contributed by atoms with Gasteiger partial charge >= 0.3 is 0 Å². The Morgan fingerprint density at radius 2 is 1.52 bits per heavy atom. The predicted molar refractivity (Wildman–Crippen MR) is 85.1 cm³/mol. The molecule has 1 N–H and O–H groups in total. The van der Waals surface area contributed by atoms with Crippen LogP contribution < -0.4 is 5.32 Å². The third-order valence-corrected chi connectivity index (χ3v) is 3.98. The van der Waals surface area contributed by atoms with Crippen LogP contribution in [0, 0.1) is 0 Å². The highest BCUT2D eigenvalue weighted by atomic mass is 35.5. The molecule has 2 aromatic carbocycles. The summed E-state index contributed by atoms with van der Waals surface area (Å²) in [5.74, 6) is -1.31. The van der Waals surface area contributed by atoms with Crippen molar-refractivity contribution in [3.05, 3.63) is 70.2 Å². The third kappa shape index (κ3) is 2.96. The maximum atomic E-state index is 12.2. The summed E-state index contributed by atoms with van der Waals surface area (Å²) in [6, 6.07) is 13.7. The maximum absolute atomic E-state index is 12.2. The highest BCUT2D eigenvalue weighted by Crippen LogP contribution is 2.22. The van der Waals surface area contributed by atoms with E-state index in [2.05, 4.69) is 5.32 Å². The van der Waals surface area contributed by atoms with Crippen molar-refractivity contribution in [3.8, 4) is 0 Å². The summed E-state index contributed by atoms with van der Waals surface area (Å²) in [5, 5.41) is 3.21. The van der Waals surface area contributed by atoms with E-state index in [0.29, 0.717) is 16.1 Å². The van der Waals surface area contributed by atoms with Crippen molar-refractivity contribution in [1.29, 1.82) is 0 Å². The number of amides is 3. The quantitative estimate of drug-likeness (QED) is 0.875. The SMILES string of the molecule is O=C(CN1C(=O)c2ccccc2C1=O)NCc1ccccc1Cl. The lowest BCUT2D eigenvalue weighted by molar-refractivity contribution is -0.121. The van der Waals surface area contributed by atoms with E-state index in [0.717, 1.165) is 10.5 Å². The van der Waals surface area contributed by atoms with Crippen molar-refractivity contribution >= 4 is 29.3 Å². The molecular weight excluding hydrogens is 316 g/mol. The largest absolute Gasteiger partial charge is 0.350 e. The van der Waals surface area contributed by atoms with Crippen LogP contribution in [0.25, 0.3) is 0 Å². The lowest BCUT2D eigenvalue weighted by atomic mass is 10.1. The fourth-order valence-corrected chi connectivity index (χ4v) is 2.62. The Balaban J connectivity index is 1.64. The van der Waals surface area contributed by atoms with Gasteiger partial charge < -0.3 is 5.32 Å². The molecule has 0 spiro atoms. The number of halogens is 1. The van der Waals surface area contributed by atoms with E-state index in [1.54, 1.807) is 42.5 Å². The number of carbonyl (C=O) groups excluding carboxylic acids is 3. The topological polar surface area (TPSA) is 66.5 Å². The van der Waals surface area contributed by atoms with Gasteiger partial charge in [-0.05, 0) is 23.8 Å². The minimum atomic E-state index is -0.446. The summed E-state index contributed by atoms with van der Waals surface area (Å²) in [6.45, 7) is -0.0710. The van der Waals surface area contributed by atoms with Crippen LogP contribution in [0.4, 0.5) is 0 Å². The van der Waals surface area contributed by atoms with Crippen LogP contribution in [-0.2, 0) is 11.3 Å². The van der Waals surface area contributed by atoms with E-state index in [1.807, 2.05) is 6.07 Å². The van der Waals surface area contributed by atoms with E-state index < -0.39 is 17.7 Å². The fourth-order valence-electron chi connectivity index (χ4n) is 2.42. The monoisotopic (exact) mass is 328 g/mol. The van der Waals surface area contributed by atoms with Gasteiger partial charge in [0.05, 0.1) is 11.1 Å². The zero-order chi connectivity index (χ0) is 16.4. The molecule has 0 bridgehead atoms. The molecule has 0 aliphatic carbocycles. The summed E-state index contributed by atoms with van der Waals surface area (Å²) in [4.78, 5) is 37.3. The van der Waals surface area contributed by atoms with Gasteiger partial charge in [0.2, 0.25) is 5.91 Å². The van der Waals surface area contributed by atoms with Gasteiger partial charge in [-0.3, -0.25) is 19.3 Å². The number of imide groups is 1. The zero-order valence-corrected chi connectivity index (χ0v) is 12.8. The van der Waals surface area contributed by atoms with Crippen molar-refractivity contribution in [2.45, 2.75) is 6.54 Å². The van der Waals surface area contributed by atoms with Crippen LogP contribution in [-0.4, -0.2) is 29.2 Å². The lowest BCUT2D eigenvalue weighted by Gasteiger charge is -2.14. The van der Waals surface area contributed by atoms with Crippen LogP contribution in [0.3, 0.4) is 0 Å². The summed E-state index contributed by atoms with van der Waals surface area (Å²) in [5.41, 5.74) is 1.43. The Bertz CT molecular complexity index is 769. The number of nitrogens with zero attached hydrogens (tertiary/aromatic N) is 1. The van der Waals surface area contributed by atoms with Crippen LogP contribution in [0.2, 0.25) is 5.02 Å². The molecule has 1 aliphatic heterocycles. The summed E-state index contributed by atoms with van der Waals surface area (Å²) in [7, 11) is 0. The molecule has 23 heavy (non-hydrogen) atoms. The van der Waals surface area contributed by atoms with Gasteiger partial charge in [-0.2, -0.15) is 0 Å². The van der Waals surface area contributed by atoms with Crippen LogP contribution in [0.1, 0.15) is 26.3 Å². The van der Waals surface area contributed by atoms with Gasteiger partial charge in [0.25, 0.3) is 11.8 Å². The van der Waals surface area contributed by atoms with Gasteiger partial charge in [-0.15, -0.1) is 0 Å². The van der Waals surface area contributed by atoms with Crippen molar-refractivity contribution in [2.24, 2.45) is 0 Å². The molecular formula is C17H13ClN2O3. The second-order valence-electron chi connectivity index (χ2n) is 5.11. The molecule has 0 atom stereocenters. The second kappa shape index (κ2) is 6.22. The highest BCUT2D eigenvalue weighted by Gasteiger charge is 2.36. The fraction of sp³-hybridized carbons (Fsp3) is 0.118. The minimum Gasteiger partial charge on any atom is -0.350 e. The van der Waals surface area contributed by atoms with Gasteiger partial charge in [-0.1, -0.05) is 41.9 Å². The van der Waals surface area contributed by atoms with Crippen molar-refractivity contribution in [3.63, 3.8) is 0 Å². The molecule has 0 radical (unpaired) electrons. The molecule has 1 aliphatic rings. The molecule has 0 unspecified atom stereocenters. The lowest BCUT2D eigenvalue weighted by Crippen LogP contribution is -2.40. The van der Waals surface area contributed by atoms with Crippen LogP contribution in [0.5, 0.6) is 0 Å². The first-order chi connectivity index (χ1) is 11.1. The first-order valence-electron chi connectivity index (χ1n) is 7.03. The van der Waals surface area contributed by atoms with Crippen LogP contribution in [0.15, 0.2) is 48.5 Å². The molecule has 116 valence electrons. The third-order valence-electron chi connectivity index (χ3n) is 3.61. The van der Waals surface area contributed by atoms with E-state index in [-0.39, 0.29) is 13.1 Å². The molecule has 3 amide bonds. The van der Waals surface area contributed by atoms with Gasteiger partial charge in [0.1, 0.15) is 6.54 Å². The Morgan fingerprint density at radius 3 is 2.13 bits per heavy atom. The number of hydrogen-bond donors (Lipinski definition) is 1. The number of carbonyl (C=O) groups is 3. The molecule has 6 heteroatoms. The molecule has 0 saturated heterocycles. The van der Waals surface area contributed by atoms with E-state index >= 15 is 0 Å². The van der Waals surface area contributed by atoms with Crippen molar-refractivity contribution in [1.82, 2.24) is 10.2 Å². The number of nitrogens with one attached hydrogen (secondary N) is 1. The first-order valence-corrected chi connectivity index (χ1v) is 7.41. The average molecular weight is 329 g/mol. The van der Waals surface area contributed by atoms with Crippen molar-refractivity contribution in [2.75, 3.05) is 6.54 Å². The molecule has 2 aromatic rings. The van der Waals surface area contributed by atoms with Crippen LogP contribution >= 0.6 is 11.6 Å². The number of hydrogen-bond acceptors (Lipinski definition) is 3. The predicted octanol–water partition coefficient (Wildman–Crippen LogP) is 2.25. The van der Waals surface area contributed by atoms with Gasteiger partial charge in [-0.25, -0.2) is 0 Å². The van der Waals surface area contributed by atoms with Gasteiger partial charge in [0, 0.05) is 11.6 Å². The molecule has 1 heterocycles. The van der Waals surface area contributed by atoms with Crippen molar-refractivity contribution < 1.29 is 14.4 Å². The standard InChI is InChI=1S/C17H13ClN2O3/c18-14-8-4-1-5-11(14)9-19-15(21)10-20-16(22)12-6-2-3-7-13(12)17(20)23/h1-8H,9-10H2,(H,19,21). The minimum absolute atomic E-state index is 0.238. The number of benzene rings is 2. The normalized spacial score (nSPS) is 13.2. The molecule has 0 saturated carbocycles. The molecule has 3 rings (SSSR count). The number of fused-ring (bicyclic) bond motifs is 1. The Labute approximate surface area is 137 Å². The van der Waals surface area contributed by atoms with Gasteiger partial charge in [0.15, 0.2) is 0 Å². The highest BCUT2D eigenvalue weighted by molar-refractivity contribution is 6.31. The number of rotatable bonds is 4. The Hall–Kier alpha value is -2.66. The second-order valence-corrected chi connectivity index (χ2v) is 5.52. The molecule has 0 aromatic heterocycles. The van der Waals surface area contributed by atoms with E-state index in [9.17, 15) is 14.4 Å². The smallest absolute Gasteiger partial charge is 0.262 e. The Morgan fingerprint density at radius 1 is 0.957 bits per heavy atom. The van der Waals surface area contributed by atoms with E-state index in [1.165, 1.54) is 0 Å². The Kier molecular flexibility index (Phi) is 4.12.